The number of hydrogen-bond donors (Lipinski definition) is 0. The zero-order valence-electron chi connectivity index (χ0n) is 21.9. The van der Waals surface area contributed by atoms with Crippen LogP contribution in [0, 0.1) is 5.92 Å². The topological polar surface area (TPSA) is 24.8 Å². The van der Waals surface area contributed by atoms with E-state index in [0.717, 1.165) is 12.3 Å². The standard InChI is InChI=1S/C30H48N2O/c1-6-7-8-9-10-11-12-13-17-22-28-23-18-19-26(4)32(28)30(27-20-15-14-16-21-27)31-29(24-33-5)25(2)3/h14-16,18-21,23,25-26,29H,6-13,17,22,24H2,1-5H3/t26-,29-/m1/s1. The molecule has 2 atom stereocenters. The zero-order chi connectivity index (χ0) is 23.9. The van der Waals surface area contributed by atoms with Gasteiger partial charge in [-0.15, -0.1) is 0 Å². The number of nitrogens with zero attached hydrogens (tertiary/aromatic N) is 2. The fourth-order valence-electron chi connectivity index (χ4n) is 4.47. The van der Waals surface area contributed by atoms with Gasteiger partial charge < -0.3 is 9.64 Å². The quantitative estimate of drug-likeness (QED) is 0.152. The van der Waals surface area contributed by atoms with Crippen molar-refractivity contribution in [1.82, 2.24) is 4.90 Å². The van der Waals surface area contributed by atoms with Gasteiger partial charge in [0, 0.05) is 18.4 Å². The number of rotatable bonds is 15. The van der Waals surface area contributed by atoms with E-state index in [4.69, 9.17) is 9.73 Å². The lowest BCUT2D eigenvalue weighted by Gasteiger charge is -2.36. The van der Waals surface area contributed by atoms with Crippen LogP contribution in [0.15, 0.2) is 59.2 Å². The molecule has 2 rings (SSSR count). The lowest BCUT2D eigenvalue weighted by molar-refractivity contribution is 0.164. The number of unbranched alkanes of at least 4 members (excludes halogenated alkanes) is 8. The molecule has 0 fully saturated rings. The summed E-state index contributed by atoms with van der Waals surface area (Å²) in [6.07, 6.45) is 20.1. The van der Waals surface area contributed by atoms with Crippen LogP contribution in [0.2, 0.25) is 0 Å². The van der Waals surface area contributed by atoms with Crippen molar-refractivity contribution in [3.63, 3.8) is 0 Å². The van der Waals surface area contributed by atoms with Gasteiger partial charge in [-0.3, -0.25) is 4.99 Å². The Morgan fingerprint density at radius 1 is 0.970 bits per heavy atom. The summed E-state index contributed by atoms with van der Waals surface area (Å²) in [5.41, 5.74) is 2.56. The summed E-state index contributed by atoms with van der Waals surface area (Å²) in [6, 6.07) is 11.1. The van der Waals surface area contributed by atoms with Crippen molar-refractivity contribution in [2.45, 2.75) is 104 Å². The molecular formula is C30H48N2O. The third-order valence-corrected chi connectivity index (χ3v) is 6.59. The largest absolute Gasteiger partial charge is 0.382 e. The minimum atomic E-state index is 0.136. The highest BCUT2D eigenvalue weighted by Gasteiger charge is 2.25. The fourth-order valence-corrected chi connectivity index (χ4v) is 4.47. The number of amidine groups is 1. The molecule has 0 aliphatic carbocycles. The SMILES string of the molecule is CCCCCCCCCCCC1=CC=C[C@@H](C)N1C(=N[C@H](COC)C(C)C)c1ccccc1. The van der Waals surface area contributed by atoms with E-state index in [9.17, 15) is 0 Å². The van der Waals surface area contributed by atoms with Crippen LogP contribution in [0.1, 0.15) is 97.5 Å². The van der Waals surface area contributed by atoms with Crippen LogP contribution in [0.5, 0.6) is 0 Å². The molecule has 0 spiro atoms. The monoisotopic (exact) mass is 452 g/mol. The molecule has 3 heteroatoms. The van der Waals surface area contributed by atoms with E-state index in [2.05, 4.69) is 81.2 Å². The molecule has 0 saturated heterocycles. The Hall–Kier alpha value is -1.87. The summed E-state index contributed by atoms with van der Waals surface area (Å²) in [5, 5.41) is 0. The minimum Gasteiger partial charge on any atom is -0.382 e. The molecule has 1 aliphatic rings. The molecule has 33 heavy (non-hydrogen) atoms. The molecule has 0 bridgehead atoms. The molecule has 0 radical (unpaired) electrons. The first kappa shape index (κ1) is 27.4. The smallest absolute Gasteiger partial charge is 0.136 e. The van der Waals surface area contributed by atoms with Crippen molar-refractivity contribution in [2.75, 3.05) is 13.7 Å². The van der Waals surface area contributed by atoms with Crippen LogP contribution in [-0.4, -0.2) is 36.5 Å². The number of aliphatic imine (C=N–C) groups is 1. The van der Waals surface area contributed by atoms with Crippen LogP contribution in [-0.2, 0) is 4.74 Å². The van der Waals surface area contributed by atoms with Gasteiger partial charge in [0.05, 0.1) is 18.7 Å². The maximum atomic E-state index is 5.52. The first-order chi connectivity index (χ1) is 16.1. The molecular weight excluding hydrogens is 404 g/mol. The van der Waals surface area contributed by atoms with Gasteiger partial charge in [-0.25, -0.2) is 0 Å². The van der Waals surface area contributed by atoms with Gasteiger partial charge in [0.1, 0.15) is 5.84 Å². The summed E-state index contributed by atoms with van der Waals surface area (Å²) in [6.45, 7) is 9.67. The Balaban J connectivity index is 2.09. The third kappa shape index (κ3) is 9.49. The van der Waals surface area contributed by atoms with Crippen molar-refractivity contribution >= 4 is 5.84 Å². The van der Waals surface area contributed by atoms with Crippen LogP contribution < -0.4 is 0 Å². The van der Waals surface area contributed by atoms with E-state index >= 15 is 0 Å². The molecule has 184 valence electrons. The van der Waals surface area contributed by atoms with E-state index in [0.29, 0.717) is 12.5 Å². The molecule has 0 aromatic heterocycles. The van der Waals surface area contributed by atoms with Gasteiger partial charge in [-0.05, 0) is 31.8 Å². The normalized spacial score (nSPS) is 17.5. The highest BCUT2D eigenvalue weighted by Crippen LogP contribution is 2.26. The van der Waals surface area contributed by atoms with Crippen molar-refractivity contribution < 1.29 is 4.74 Å². The van der Waals surface area contributed by atoms with Crippen LogP contribution in [0.4, 0.5) is 0 Å². The second kappa shape index (κ2) is 15.9. The summed E-state index contributed by atoms with van der Waals surface area (Å²) < 4.78 is 5.52. The Kier molecular flexibility index (Phi) is 13.2. The van der Waals surface area contributed by atoms with Crippen molar-refractivity contribution in [2.24, 2.45) is 10.9 Å². The first-order valence-corrected chi connectivity index (χ1v) is 13.4. The predicted molar refractivity (Wildman–Crippen MR) is 144 cm³/mol. The number of ether oxygens (including phenoxy) is 1. The van der Waals surface area contributed by atoms with Crippen LogP contribution >= 0.6 is 0 Å². The molecule has 1 aliphatic heterocycles. The molecule has 3 nitrogen and oxygen atoms in total. The number of benzene rings is 1. The van der Waals surface area contributed by atoms with E-state index in [1.165, 1.54) is 69.0 Å². The second-order valence-electron chi connectivity index (χ2n) is 9.82. The average Bonchev–Trinajstić information content (AvgIpc) is 2.82. The number of methoxy groups -OCH3 is 1. The van der Waals surface area contributed by atoms with Gasteiger partial charge in [-0.1, -0.05) is 115 Å². The Morgan fingerprint density at radius 3 is 2.21 bits per heavy atom. The van der Waals surface area contributed by atoms with Crippen LogP contribution in [0.3, 0.4) is 0 Å². The van der Waals surface area contributed by atoms with Crippen molar-refractivity contribution in [1.29, 1.82) is 0 Å². The Bertz CT molecular complexity index is 735. The van der Waals surface area contributed by atoms with Gasteiger partial charge in [0.2, 0.25) is 0 Å². The summed E-state index contributed by atoms with van der Waals surface area (Å²) in [4.78, 5) is 7.76. The Morgan fingerprint density at radius 2 is 1.61 bits per heavy atom. The second-order valence-corrected chi connectivity index (χ2v) is 9.82. The van der Waals surface area contributed by atoms with Gasteiger partial charge in [-0.2, -0.15) is 0 Å². The van der Waals surface area contributed by atoms with E-state index in [1.54, 1.807) is 7.11 Å². The number of hydrogen-bond acceptors (Lipinski definition) is 2. The average molecular weight is 453 g/mol. The van der Waals surface area contributed by atoms with E-state index in [-0.39, 0.29) is 12.1 Å². The number of allylic oxidation sites excluding steroid dienone is 3. The lowest BCUT2D eigenvalue weighted by Crippen LogP contribution is -2.40. The van der Waals surface area contributed by atoms with Crippen molar-refractivity contribution in [3.8, 4) is 0 Å². The fraction of sp³-hybridized carbons (Fsp3) is 0.633. The lowest BCUT2D eigenvalue weighted by atomic mass is 10.0. The molecule has 0 saturated carbocycles. The molecule has 0 amide bonds. The van der Waals surface area contributed by atoms with E-state index < -0.39 is 0 Å². The van der Waals surface area contributed by atoms with Crippen molar-refractivity contribution in [3.05, 3.63) is 59.8 Å². The molecule has 1 aromatic rings. The molecule has 0 N–H and O–H groups in total. The Labute approximate surface area is 204 Å². The molecule has 1 heterocycles. The minimum absolute atomic E-state index is 0.136. The maximum Gasteiger partial charge on any atom is 0.136 e. The third-order valence-electron chi connectivity index (χ3n) is 6.59. The molecule has 0 unspecified atom stereocenters. The predicted octanol–water partition coefficient (Wildman–Crippen LogP) is 8.17. The zero-order valence-corrected chi connectivity index (χ0v) is 21.9. The van der Waals surface area contributed by atoms with Gasteiger partial charge in [0.15, 0.2) is 0 Å². The summed E-state index contributed by atoms with van der Waals surface area (Å²) in [5.74, 6) is 1.49. The highest BCUT2D eigenvalue weighted by molar-refractivity contribution is 6.00. The van der Waals surface area contributed by atoms with Gasteiger partial charge >= 0.3 is 0 Å². The highest BCUT2D eigenvalue weighted by atomic mass is 16.5. The summed E-state index contributed by atoms with van der Waals surface area (Å²) >= 11 is 0. The molecule has 1 aromatic carbocycles. The summed E-state index contributed by atoms with van der Waals surface area (Å²) in [7, 11) is 1.77. The first-order valence-electron chi connectivity index (χ1n) is 13.4. The van der Waals surface area contributed by atoms with E-state index in [1.807, 2.05) is 0 Å². The van der Waals surface area contributed by atoms with Gasteiger partial charge in [0.25, 0.3) is 0 Å². The van der Waals surface area contributed by atoms with Crippen LogP contribution in [0.25, 0.3) is 0 Å². The maximum absolute atomic E-state index is 5.52.